The van der Waals surface area contributed by atoms with E-state index in [9.17, 15) is 0 Å². The van der Waals surface area contributed by atoms with Crippen LogP contribution in [0.2, 0.25) is 0 Å². The fourth-order valence-electron chi connectivity index (χ4n) is 1.46. The smallest absolute Gasteiger partial charge is 0.130 e. The lowest BCUT2D eigenvalue weighted by atomic mass is 10.2. The van der Waals surface area contributed by atoms with Crippen molar-refractivity contribution in [1.29, 1.82) is 0 Å². The van der Waals surface area contributed by atoms with Crippen molar-refractivity contribution in [2.24, 2.45) is 0 Å². The lowest BCUT2D eigenvalue weighted by molar-refractivity contribution is 0.415. The Bertz CT molecular complexity index is 509. The topological polar surface area (TPSA) is 60.2 Å². The molecule has 1 aromatic carbocycles. The molecule has 4 nitrogen and oxygen atoms in total. The number of methoxy groups -OCH3 is 1. The second-order valence-corrected chi connectivity index (χ2v) is 3.78. The number of rotatable bonds is 3. The molecule has 1 aromatic heterocycles. The number of ether oxygens (including phenoxy) is 1. The number of nitrogens with zero attached hydrogens (tertiary/aromatic N) is 1. The van der Waals surface area contributed by atoms with Crippen molar-refractivity contribution in [2.45, 2.75) is 6.92 Å². The van der Waals surface area contributed by atoms with E-state index in [1.165, 1.54) is 0 Å². The summed E-state index contributed by atoms with van der Waals surface area (Å²) in [6.07, 6.45) is 1.65. The Balaban J connectivity index is 2.16. The number of benzene rings is 1. The second kappa shape index (κ2) is 4.74. The zero-order valence-corrected chi connectivity index (χ0v) is 9.90. The summed E-state index contributed by atoms with van der Waals surface area (Å²) in [6.45, 7) is 1.95. The van der Waals surface area contributed by atoms with E-state index in [4.69, 9.17) is 10.5 Å². The molecule has 0 atom stereocenters. The maximum Gasteiger partial charge on any atom is 0.130 e. The Morgan fingerprint density at radius 1 is 1.24 bits per heavy atom. The van der Waals surface area contributed by atoms with Crippen LogP contribution >= 0.6 is 0 Å². The quantitative estimate of drug-likeness (QED) is 0.849. The van der Waals surface area contributed by atoms with E-state index in [0.29, 0.717) is 5.69 Å². The van der Waals surface area contributed by atoms with Crippen LogP contribution in [0.15, 0.2) is 36.5 Å². The minimum absolute atomic E-state index is 0.699. The van der Waals surface area contributed by atoms with E-state index in [2.05, 4.69) is 10.3 Å². The van der Waals surface area contributed by atoms with Crippen LogP contribution in [0.25, 0.3) is 0 Å². The Hall–Kier alpha value is -2.23. The highest BCUT2D eigenvalue weighted by Crippen LogP contribution is 2.20. The number of anilines is 3. The van der Waals surface area contributed by atoms with Crippen LogP contribution in [0.4, 0.5) is 17.2 Å². The first kappa shape index (κ1) is 11.3. The van der Waals surface area contributed by atoms with Crippen LogP contribution in [0.3, 0.4) is 0 Å². The molecule has 4 heteroatoms. The number of hydrogen-bond acceptors (Lipinski definition) is 4. The highest BCUT2D eigenvalue weighted by Gasteiger charge is 1.99. The Morgan fingerprint density at radius 3 is 2.53 bits per heavy atom. The van der Waals surface area contributed by atoms with Crippen LogP contribution in [0.5, 0.6) is 5.75 Å². The number of nitrogens with one attached hydrogen (secondary N) is 1. The largest absolute Gasteiger partial charge is 0.497 e. The van der Waals surface area contributed by atoms with Crippen molar-refractivity contribution in [2.75, 3.05) is 18.2 Å². The fourth-order valence-corrected chi connectivity index (χ4v) is 1.46. The number of nitrogen functional groups attached to an aromatic ring is 1. The highest BCUT2D eigenvalue weighted by atomic mass is 16.5. The molecule has 88 valence electrons. The van der Waals surface area contributed by atoms with Crippen molar-refractivity contribution >= 4 is 17.2 Å². The first-order valence-corrected chi connectivity index (χ1v) is 5.32. The van der Waals surface area contributed by atoms with Gasteiger partial charge in [-0.25, -0.2) is 4.98 Å². The average Bonchev–Trinajstić information content (AvgIpc) is 2.35. The molecule has 0 unspecified atom stereocenters. The van der Waals surface area contributed by atoms with Crippen LogP contribution in [-0.2, 0) is 0 Å². The maximum absolute atomic E-state index is 5.71. The van der Waals surface area contributed by atoms with E-state index >= 15 is 0 Å². The molecule has 0 spiro atoms. The lowest BCUT2D eigenvalue weighted by Crippen LogP contribution is -1.97. The third-order valence-electron chi connectivity index (χ3n) is 2.51. The van der Waals surface area contributed by atoms with Gasteiger partial charge in [0, 0.05) is 5.69 Å². The zero-order chi connectivity index (χ0) is 12.3. The first-order valence-electron chi connectivity index (χ1n) is 5.32. The summed E-state index contributed by atoms with van der Waals surface area (Å²) in [5.41, 5.74) is 8.38. The molecule has 0 saturated carbocycles. The van der Waals surface area contributed by atoms with Gasteiger partial charge in [-0.15, -0.1) is 0 Å². The van der Waals surface area contributed by atoms with Gasteiger partial charge in [0.2, 0.25) is 0 Å². The summed E-state index contributed by atoms with van der Waals surface area (Å²) in [6, 6.07) is 9.58. The van der Waals surface area contributed by atoms with Crippen molar-refractivity contribution < 1.29 is 4.74 Å². The standard InChI is InChI=1S/C13H15N3O/c1-9-7-13(15-8-12(9)14)16-10-3-5-11(17-2)6-4-10/h3-8H,14H2,1-2H3,(H,15,16). The molecule has 2 rings (SSSR count). The molecule has 0 amide bonds. The van der Waals surface area contributed by atoms with Crippen LogP contribution < -0.4 is 15.8 Å². The molecular formula is C13H15N3O. The molecule has 0 saturated heterocycles. The Labute approximate surface area is 100 Å². The summed E-state index contributed by atoms with van der Waals surface area (Å²) >= 11 is 0. The first-order chi connectivity index (χ1) is 8.19. The fraction of sp³-hybridized carbons (Fsp3) is 0.154. The predicted octanol–water partition coefficient (Wildman–Crippen LogP) is 2.72. The zero-order valence-electron chi connectivity index (χ0n) is 9.90. The van der Waals surface area contributed by atoms with Gasteiger partial charge in [0.15, 0.2) is 0 Å². The van der Waals surface area contributed by atoms with Crippen LogP contribution in [0.1, 0.15) is 5.56 Å². The SMILES string of the molecule is COc1ccc(Nc2cc(C)c(N)cn2)cc1. The molecular weight excluding hydrogens is 214 g/mol. The van der Waals surface area contributed by atoms with Gasteiger partial charge in [-0.2, -0.15) is 0 Å². The highest BCUT2D eigenvalue weighted by molar-refractivity contribution is 5.60. The van der Waals surface area contributed by atoms with E-state index < -0.39 is 0 Å². The summed E-state index contributed by atoms with van der Waals surface area (Å²) in [5, 5.41) is 3.20. The number of nitrogens with two attached hydrogens (primary N) is 1. The van der Waals surface area contributed by atoms with E-state index in [0.717, 1.165) is 22.8 Å². The Kier molecular flexibility index (Phi) is 3.14. The van der Waals surface area contributed by atoms with E-state index in [1.807, 2.05) is 37.3 Å². The summed E-state index contributed by atoms with van der Waals surface area (Å²) in [4.78, 5) is 4.21. The average molecular weight is 229 g/mol. The van der Waals surface area contributed by atoms with Gasteiger partial charge in [0.05, 0.1) is 19.0 Å². The van der Waals surface area contributed by atoms with Gasteiger partial charge >= 0.3 is 0 Å². The predicted molar refractivity (Wildman–Crippen MR) is 69.7 cm³/mol. The summed E-state index contributed by atoms with van der Waals surface area (Å²) in [7, 11) is 1.65. The maximum atomic E-state index is 5.71. The van der Waals surface area contributed by atoms with Gasteiger partial charge in [0.25, 0.3) is 0 Å². The van der Waals surface area contributed by atoms with E-state index in [-0.39, 0.29) is 0 Å². The van der Waals surface area contributed by atoms with Gasteiger partial charge in [-0.05, 0) is 42.8 Å². The van der Waals surface area contributed by atoms with Crippen molar-refractivity contribution in [3.8, 4) is 5.75 Å². The minimum Gasteiger partial charge on any atom is -0.497 e. The van der Waals surface area contributed by atoms with Gasteiger partial charge in [-0.1, -0.05) is 0 Å². The lowest BCUT2D eigenvalue weighted by Gasteiger charge is -2.08. The molecule has 17 heavy (non-hydrogen) atoms. The van der Waals surface area contributed by atoms with Crippen molar-refractivity contribution in [3.05, 3.63) is 42.1 Å². The molecule has 0 aliphatic heterocycles. The summed E-state index contributed by atoms with van der Waals surface area (Å²) in [5.74, 6) is 1.61. The van der Waals surface area contributed by atoms with Crippen LogP contribution in [-0.4, -0.2) is 12.1 Å². The van der Waals surface area contributed by atoms with E-state index in [1.54, 1.807) is 13.3 Å². The minimum atomic E-state index is 0.699. The molecule has 0 fully saturated rings. The monoisotopic (exact) mass is 229 g/mol. The number of aromatic nitrogens is 1. The van der Waals surface area contributed by atoms with Crippen molar-refractivity contribution in [1.82, 2.24) is 4.98 Å². The molecule has 2 aromatic rings. The van der Waals surface area contributed by atoms with Crippen molar-refractivity contribution in [3.63, 3.8) is 0 Å². The number of pyridine rings is 1. The Morgan fingerprint density at radius 2 is 1.94 bits per heavy atom. The third-order valence-corrected chi connectivity index (χ3v) is 2.51. The van der Waals surface area contributed by atoms with Gasteiger partial charge < -0.3 is 15.8 Å². The van der Waals surface area contributed by atoms with Gasteiger partial charge in [0.1, 0.15) is 11.6 Å². The number of aryl methyl sites for hydroxylation is 1. The third kappa shape index (κ3) is 2.66. The molecule has 0 bridgehead atoms. The van der Waals surface area contributed by atoms with Gasteiger partial charge in [-0.3, -0.25) is 0 Å². The van der Waals surface area contributed by atoms with Crippen LogP contribution in [0, 0.1) is 6.92 Å². The molecule has 0 aliphatic rings. The molecule has 0 radical (unpaired) electrons. The molecule has 0 aliphatic carbocycles. The second-order valence-electron chi connectivity index (χ2n) is 3.78. The normalized spacial score (nSPS) is 10.0. The number of hydrogen-bond donors (Lipinski definition) is 2. The summed E-state index contributed by atoms with van der Waals surface area (Å²) < 4.78 is 5.09. The molecule has 1 heterocycles. The molecule has 3 N–H and O–H groups in total.